The Bertz CT molecular complexity index is 573. The quantitative estimate of drug-likeness (QED) is 0.943. The molecule has 4 nitrogen and oxygen atoms in total. The van der Waals surface area contributed by atoms with Crippen LogP contribution in [0.1, 0.15) is 10.4 Å². The number of benzene rings is 1. The Hall–Kier alpha value is -1.43. The summed E-state index contributed by atoms with van der Waals surface area (Å²) in [5, 5.41) is 0.642. The molecule has 1 saturated heterocycles. The smallest absolute Gasteiger partial charge is 0.180 e. The van der Waals surface area contributed by atoms with Crippen LogP contribution in [0.4, 0.5) is 5.13 Å². The van der Waals surface area contributed by atoms with Crippen molar-refractivity contribution in [1.82, 2.24) is 9.88 Å². The van der Waals surface area contributed by atoms with E-state index < -0.39 is 0 Å². The highest BCUT2D eigenvalue weighted by Gasteiger charge is 2.17. The highest BCUT2D eigenvalue weighted by atomic mass is 32.1. The Labute approximate surface area is 123 Å². The molecule has 1 aromatic carbocycles. The van der Waals surface area contributed by atoms with Crippen molar-refractivity contribution in [2.75, 3.05) is 32.0 Å². The van der Waals surface area contributed by atoms with E-state index in [1.807, 2.05) is 0 Å². The van der Waals surface area contributed by atoms with Gasteiger partial charge in [-0.1, -0.05) is 29.8 Å². The zero-order chi connectivity index (χ0) is 13.9. The maximum atomic E-state index is 5.92. The molecule has 2 heterocycles. The number of hydrogen-bond acceptors (Lipinski definition) is 5. The molecule has 5 heteroatoms. The van der Waals surface area contributed by atoms with Crippen molar-refractivity contribution in [3.63, 3.8) is 0 Å². The Morgan fingerprint density at radius 1 is 1.25 bits per heavy atom. The summed E-state index contributed by atoms with van der Waals surface area (Å²) in [7, 11) is 0. The van der Waals surface area contributed by atoms with Crippen LogP contribution in [0.25, 0.3) is 11.3 Å². The Morgan fingerprint density at radius 3 is 2.65 bits per heavy atom. The van der Waals surface area contributed by atoms with Crippen LogP contribution < -0.4 is 5.73 Å². The number of anilines is 1. The van der Waals surface area contributed by atoms with Crippen molar-refractivity contribution in [2.45, 2.75) is 13.5 Å². The van der Waals surface area contributed by atoms with E-state index in [1.165, 1.54) is 10.4 Å². The van der Waals surface area contributed by atoms with E-state index in [0.717, 1.165) is 44.1 Å². The standard InChI is InChI=1S/C15H19N3OS/c1-11-2-4-12(5-3-11)14-13(20-15(16)17-14)10-18-6-8-19-9-7-18/h2-5H,6-10H2,1H3,(H2,16,17). The van der Waals surface area contributed by atoms with Gasteiger partial charge < -0.3 is 10.5 Å². The lowest BCUT2D eigenvalue weighted by Gasteiger charge is -2.26. The molecule has 0 saturated carbocycles. The molecule has 1 aliphatic rings. The van der Waals surface area contributed by atoms with Crippen LogP contribution >= 0.6 is 11.3 Å². The van der Waals surface area contributed by atoms with Crippen molar-refractivity contribution < 1.29 is 4.74 Å². The number of hydrogen-bond donors (Lipinski definition) is 1. The van der Waals surface area contributed by atoms with Gasteiger partial charge in [-0.25, -0.2) is 4.98 Å². The van der Waals surface area contributed by atoms with Crippen LogP contribution in [0.15, 0.2) is 24.3 Å². The lowest BCUT2D eigenvalue weighted by atomic mass is 10.1. The molecular weight excluding hydrogens is 270 g/mol. The van der Waals surface area contributed by atoms with E-state index in [9.17, 15) is 0 Å². The number of rotatable bonds is 3. The average molecular weight is 289 g/mol. The van der Waals surface area contributed by atoms with E-state index in [2.05, 4.69) is 41.1 Å². The summed E-state index contributed by atoms with van der Waals surface area (Å²) in [6.07, 6.45) is 0. The minimum atomic E-state index is 0.642. The first-order valence-corrected chi connectivity index (χ1v) is 7.66. The van der Waals surface area contributed by atoms with Gasteiger partial charge in [-0.3, -0.25) is 4.90 Å². The Balaban J connectivity index is 1.85. The van der Waals surface area contributed by atoms with Crippen molar-refractivity contribution in [1.29, 1.82) is 0 Å². The van der Waals surface area contributed by atoms with Gasteiger partial charge in [0.15, 0.2) is 5.13 Å². The lowest BCUT2D eigenvalue weighted by Crippen LogP contribution is -2.35. The third-order valence-electron chi connectivity index (χ3n) is 3.51. The molecule has 0 unspecified atom stereocenters. The van der Waals surface area contributed by atoms with Crippen molar-refractivity contribution >= 4 is 16.5 Å². The van der Waals surface area contributed by atoms with Crippen LogP contribution in [0.5, 0.6) is 0 Å². The van der Waals surface area contributed by atoms with Crippen LogP contribution in [0.2, 0.25) is 0 Å². The fourth-order valence-electron chi connectivity index (χ4n) is 2.38. The second-order valence-corrected chi connectivity index (χ2v) is 6.19. The number of aromatic nitrogens is 1. The molecule has 0 atom stereocenters. The van der Waals surface area contributed by atoms with E-state index >= 15 is 0 Å². The zero-order valence-corrected chi connectivity index (χ0v) is 12.4. The molecule has 3 rings (SSSR count). The van der Waals surface area contributed by atoms with Gasteiger partial charge in [-0.2, -0.15) is 0 Å². The molecule has 20 heavy (non-hydrogen) atoms. The minimum absolute atomic E-state index is 0.642. The zero-order valence-electron chi connectivity index (χ0n) is 11.6. The maximum absolute atomic E-state index is 5.92. The van der Waals surface area contributed by atoms with Gasteiger partial charge in [-0.05, 0) is 6.92 Å². The molecule has 0 bridgehead atoms. The normalized spacial score (nSPS) is 16.4. The summed E-state index contributed by atoms with van der Waals surface area (Å²) in [4.78, 5) is 8.16. The van der Waals surface area contributed by atoms with Crippen LogP contribution in [0.3, 0.4) is 0 Å². The molecule has 106 valence electrons. The molecule has 1 aliphatic heterocycles. The van der Waals surface area contributed by atoms with E-state index in [-0.39, 0.29) is 0 Å². The third kappa shape index (κ3) is 3.00. The summed E-state index contributed by atoms with van der Waals surface area (Å²) in [6, 6.07) is 8.46. The molecule has 0 aliphatic carbocycles. The fourth-order valence-corrected chi connectivity index (χ4v) is 3.27. The summed E-state index contributed by atoms with van der Waals surface area (Å²) in [5.41, 5.74) is 9.34. The first kappa shape index (κ1) is 13.5. The summed E-state index contributed by atoms with van der Waals surface area (Å²) in [5.74, 6) is 0. The first-order valence-electron chi connectivity index (χ1n) is 6.85. The Morgan fingerprint density at radius 2 is 1.95 bits per heavy atom. The molecule has 1 fully saturated rings. The minimum Gasteiger partial charge on any atom is -0.379 e. The topological polar surface area (TPSA) is 51.4 Å². The van der Waals surface area contributed by atoms with Crippen molar-refractivity contribution in [3.8, 4) is 11.3 Å². The number of morpholine rings is 1. The number of nitrogens with two attached hydrogens (primary N) is 1. The van der Waals surface area contributed by atoms with E-state index in [1.54, 1.807) is 11.3 Å². The number of nitrogen functional groups attached to an aromatic ring is 1. The van der Waals surface area contributed by atoms with Gasteiger partial charge in [0.05, 0.1) is 18.9 Å². The molecule has 0 spiro atoms. The monoisotopic (exact) mass is 289 g/mol. The van der Waals surface area contributed by atoms with Gasteiger partial charge in [0, 0.05) is 30.1 Å². The summed E-state index contributed by atoms with van der Waals surface area (Å²) < 4.78 is 5.39. The van der Waals surface area contributed by atoms with Crippen molar-refractivity contribution in [3.05, 3.63) is 34.7 Å². The highest BCUT2D eigenvalue weighted by molar-refractivity contribution is 7.15. The first-order chi connectivity index (χ1) is 9.72. The summed E-state index contributed by atoms with van der Waals surface area (Å²) >= 11 is 1.59. The maximum Gasteiger partial charge on any atom is 0.180 e. The fraction of sp³-hybridized carbons (Fsp3) is 0.400. The molecule has 2 aromatic rings. The molecule has 0 amide bonds. The number of nitrogens with zero attached hydrogens (tertiary/aromatic N) is 2. The molecule has 2 N–H and O–H groups in total. The summed E-state index contributed by atoms with van der Waals surface area (Å²) in [6.45, 7) is 6.58. The van der Waals surface area contributed by atoms with E-state index in [0.29, 0.717) is 5.13 Å². The average Bonchev–Trinajstić information content (AvgIpc) is 2.81. The number of ether oxygens (including phenoxy) is 1. The highest BCUT2D eigenvalue weighted by Crippen LogP contribution is 2.31. The van der Waals surface area contributed by atoms with Crippen molar-refractivity contribution in [2.24, 2.45) is 0 Å². The van der Waals surface area contributed by atoms with Gasteiger partial charge >= 0.3 is 0 Å². The molecule has 1 aromatic heterocycles. The van der Waals surface area contributed by atoms with Gasteiger partial charge in [0.2, 0.25) is 0 Å². The predicted octanol–water partition coefficient (Wildman–Crippen LogP) is 2.53. The van der Waals surface area contributed by atoms with Crippen LogP contribution in [-0.2, 0) is 11.3 Å². The number of thiazole rings is 1. The van der Waals surface area contributed by atoms with Crippen LogP contribution in [0, 0.1) is 6.92 Å². The van der Waals surface area contributed by atoms with E-state index in [4.69, 9.17) is 10.5 Å². The van der Waals surface area contributed by atoms with Gasteiger partial charge in [0.25, 0.3) is 0 Å². The van der Waals surface area contributed by atoms with Gasteiger partial charge in [0.1, 0.15) is 0 Å². The lowest BCUT2D eigenvalue weighted by molar-refractivity contribution is 0.0347. The number of aryl methyl sites for hydroxylation is 1. The molecule has 0 radical (unpaired) electrons. The van der Waals surface area contributed by atoms with Crippen LogP contribution in [-0.4, -0.2) is 36.2 Å². The Kier molecular flexibility index (Phi) is 4.00. The third-order valence-corrected chi connectivity index (χ3v) is 4.38. The largest absolute Gasteiger partial charge is 0.379 e. The van der Waals surface area contributed by atoms with Gasteiger partial charge in [-0.15, -0.1) is 11.3 Å². The predicted molar refractivity (Wildman–Crippen MR) is 82.8 cm³/mol. The SMILES string of the molecule is Cc1ccc(-c2nc(N)sc2CN2CCOCC2)cc1. The second-order valence-electron chi connectivity index (χ2n) is 5.08. The second kappa shape index (κ2) is 5.91. The molecular formula is C15H19N3OS.